The van der Waals surface area contributed by atoms with Crippen LogP contribution in [0.3, 0.4) is 0 Å². The molecule has 3 unspecified atom stereocenters. The second kappa shape index (κ2) is 11.7. The van der Waals surface area contributed by atoms with Crippen LogP contribution in [-0.2, 0) is 0 Å². The van der Waals surface area contributed by atoms with Gasteiger partial charge in [0.2, 0.25) is 0 Å². The molecule has 0 bridgehead atoms. The summed E-state index contributed by atoms with van der Waals surface area (Å²) in [5.74, 6) is 1.09. The van der Waals surface area contributed by atoms with Crippen LogP contribution in [0.4, 0.5) is 28.4 Å². The van der Waals surface area contributed by atoms with Crippen molar-refractivity contribution in [3.8, 4) is 0 Å². The van der Waals surface area contributed by atoms with Crippen LogP contribution >= 0.6 is 0 Å². The maximum atomic E-state index is 2.64. The third-order valence-corrected chi connectivity index (χ3v) is 9.84. The molecular formula is C42H38N2. The van der Waals surface area contributed by atoms with Crippen molar-refractivity contribution in [3.63, 3.8) is 0 Å². The fourth-order valence-corrected chi connectivity index (χ4v) is 7.68. The Balaban J connectivity index is 0.985. The third-order valence-electron chi connectivity index (χ3n) is 9.84. The van der Waals surface area contributed by atoms with Crippen LogP contribution < -0.4 is 9.80 Å². The summed E-state index contributed by atoms with van der Waals surface area (Å²) in [5, 5.41) is 0. The van der Waals surface area contributed by atoms with Gasteiger partial charge in [-0.25, -0.2) is 0 Å². The Morgan fingerprint density at radius 2 is 1.23 bits per heavy atom. The molecule has 3 atom stereocenters. The lowest BCUT2D eigenvalue weighted by atomic mass is 9.82. The van der Waals surface area contributed by atoms with E-state index in [1.165, 1.54) is 53.8 Å². The highest BCUT2D eigenvalue weighted by molar-refractivity contribution is 5.80. The first kappa shape index (κ1) is 26.8. The number of anilines is 5. The van der Waals surface area contributed by atoms with E-state index in [2.05, 4.69) is 161 Å². The summed E-state index contributed by atoms with van der Waals surface area (Å²) in [7, 11) is 0. The van der Waals surface area contributed by atoms with Crippen LogP contribution in [0, 0.1) is 0 Å². The number of hydrogen-bond acceptors (Lipinski definition) is 2. The van der Waals surface area contributed by atoms with Gasteiger partial charge in [-0.3, -0.25) is 0 Å². The van der Waals surface area contributed by atoms with E-state index < -0.39 is 0 Å². The Morgan fingerprint density at radius 3 is 1.91 bits per heavy atom. The Bertz CT molecular complexity index is 1750. The number of rotatable bonds is 6. The molecule has 216 valence electrons. The SMILES string of the molecule is C1=CC(c2ccc(N3c4ccccc4C4CCCCC43)cc2)CC=C1c1ccc(N(c2ccccc2)c2ccccc2)cc1. The molecule has 44 heavy (non-hydrogen) atoms. The predicted octanol–water partition coefficient (Wildman–Crippen LogP) is 11.5. The number of allylic oxidation sites excluding steroid dienone is 4. The molecule has 2 heteroatoms. The van der Waals surface area contributed by atoms with Gasteiger partial charge in [0.05, 0.1) is 0 Å². The topological polar surface area (TPSA) is 6.48 Å². The van der Waals surface area contributed by atoms with Gasteiger partial charge >= 0.3 is 0 Å². The first-order valence-corrected chi connectivity index (χ1v) is 16.2. The van der Waals surface area contributed by atoms with Crippen molar-refractivity contribution < 1.29 is 0 Å². The largest absolute Gasteiger partial charge is 0.338 e. The second-order valence-electron chi connectivity index (χ2n) is 12.4. The van der Waals surface area contributed by atoms with Crippen molar-refractivity contribution in [1.82, 2.24) is 0 Å². The van der Waals surface area contributed by atoms with E-state index in [1.54, 1.807) is 5.56 Å². The molecule has 0 amide bonds. The van der Waals surface area contributed by atoms with E-state index in [4.69, 9.17) is 0 Å². The highest BCUT2D eigenvalue weighted by atomic mass is 15.2. The lowest BCUT2D eigenvalue weighted by Gasteiger charge is -2.33. The smallest absolute Gasteiger partial charge is 0.0462 e. The standard InChI is InChI=1S/C42H38N2/c1-3-11-35(12-4-1)43(36-13-5-2-6-14-36)37-27-23-33(24-28-37)31-19-21-32(22-20-31)34-25-29-38(30-26-34)44-41-17-9-7-15-39(41)40-16-8-10-18-42(40)44/h1-7,9,11-15,17,19-21,23-30,32,40,42H,8,10,16,18,22H2. The molecule has 2 aliphatic carbocycles. The normalized spacial score (nSPS) is 20.5. The first-order valence-electron chi connectivity index (χ1n) is 16.2. The summed E-state index contributed by atoms with van der Waals surface area (Å²) in [6.07, 6.45) is 13.4. The number of benzene rings is 5. The molecule has 0 spiro atoms. The van der Waals surface area contributed by atoms with Crippen molar-refractivity contribution in [2.24, 2.45) is 0 Å². The monoisotopic (exact) mass is 570 g/mol. The zero-order valence-corrected chi connectivity index (χ0v) is 25.1. The fourth-order valence-electron chi connectivity index (χ4n) is 7.68. The van der Waals surface area contributed by atoms with Crippen LogP contribution in [0.1, 0.15) is 60.6 Å². The molecule has 0 N–H and O–H groups in total. The molecule has 0 aromatic heterocycles. The van der Waals surface area contributed by atoms with Gasteiger partial charge in [-0.2, -0.15) is 0 Å². The number of nitrogens with zero attached hydrogens (tertiary/aromatic N) is 2. The van der Waals surface area contributed by atoms with E-state index in [1.807, 2.05) is 0 Å². The van der Waals surface area contributed by atoms with Gasteiger partial charge in [-0.1, -0.05) is 110 Å². The maximum absolute atomic E-state index is 2.64. The maximum Gasteiger partial charge on any atom is 0.0462 e. The van der Waals surface area contributed by atoms with Gasteiger partial charge < -0.3 is 9.80 Å². The van der Waals surface area contributed by atoms with Crippen LogP contribution in [0.15, 0.2) is 152 Å². The first-order chi connectivity index (χ1) is 21.8. The minimum Gasteiger partial charge on any atom is -0.338 e. The van der Waals surface area contributed by atoms with Crippen molar-refractivity contribution in [2.75, 3.05) is 9.80 Å². The molecule has 2 nitrogen and oxygen atoms in total. The summed E-state index contributed by atoms with van der Waals surface area (Å²) < 4.78 is 0. The quantitative estimate of drug-likeness (QED) is 0.200. The number of fused-ring (bicyclic) bond motifs is 3. The highest BCUT2D eigenvalue weighted by Crippen LogP contribution is 2.51. The van der Waals surface area contributed by atoms with Gasteiger partial charge in [0.15, 0.2) is 0 Å². The zero-order chi connectivity index (χ0) is 29.3. The average molecular weight is 571 g/mol. The fraction of sp³-hybridized carbons (Fsp3) is 0.190. The molecular weight excluding hydrogens is 532 g/mol. The molecule has 8 rings (SSSR count). The summed E-state index contributed by atoms with van der Waals surface area (Å²) in [5.41, 5.74) is 11.7. The lowest BCUT2D eigenvalue weighted by Crippen LogP contribution is -2.32. The van der Waals surface area contributed by atoms with Crippen molar-refractivity contribution in [1.29, 1.82) is 0 Å². The summed E-state index contributed by atoms with van der Waals surface area (Å²) in [6, 6.07) is 49.3. The van der Waals surface area contributed by atoms with Crippen molar-refractivity contribution in [2.45, 2.75) is 50.0 Å². The average Bonchev–Trinajstić information content (AvgIpc) is 3.44. The molecule has 0 radical (unpaired) electrons. The van der Waals surface area contributed by atoms with E-state index >= 15 is 0 Å². The van der Waals surface area contributed by atoms with E-state index in [0.717, 1.165) is 23.5 Å². The van der Waals surface area contributed by atoms with E-state index in [0.29, 0.717) is 17.9 Å². The second-order valence-corrected chi connectivity index (χ2v) is 12.4. The Morgan fingerprint density at radius 1 is 0.591 bits per heavy atom. The van der Waals surface area contributed by atoms with Crippen LogP contribution in [0.25, 0.3) is 5.57 Å². The number of para-hydroxylation sites is 3. The number of hydrogen-bond donors (Lipinski definition) is 0. The van der Waals surface area contributed by atoms with Gasteiger partial charge in [0.1, 0.15) is 0 Å². The molecule has 3 aliphatic rings. The molecule has 0 saturated heterocycles. The van der Waals surface area contributed by atoms with Gasteiger partial charge in [0, 0.05) is 46.3 Å². The van der Waals surface area contributed by atoms with Crippen LogP contribution in [0.5, 0.6) is 0 Å². The third kappa shape index (κ3) is 4.95. The van der Waals surface area contributed by atoms with Crippen LogP contribution in [0.2, 0.25) is 0 Å². The summed E-state index contributed by atoms with van der Waals surface area (Å²) >= 11 is 0. The van der Waals surface area contributed by atoms with Gasteiger partial charge in [-0.05, 0) is 96.1 Å². The molecule has 1 fully saturated rings. The Labute approximate surface area is 261 Å². The van der Waals surface area contributed by atoms with Crippen molar-refractivity contribution >= 4 is 34.0 Å². The van der Waals surface area contributed by atoms with Crippen molar-refractivity contribution in [3.05, 3.63) is 168 Å². The zero-order valence-electron chi connectivity index (χ0n) is 25.1. The van der Waals surface area contributed by atoms with Gasteiger partial charge in [-0.15, -0.1) is 0 Å². The minimum atomic E-state index is 0.409. The van der Waals surface area contributed by atoms with Crippen LogP contribution in [-0.4, -0.2) is 6.04 Å². The molecule has 1 saturated carbocycles. The summed E-state index contributed by atoms with van der Waals surface area (Å²) in [4.78, 5) is 4.95. The predicted molar refractivity (Wildman–Crippen MR) is 186 cm³/mol. The highest BCUT2D eigenvalue weighted by Gasteiger charge is 2.40. The van der Waals surface area contributed by atoms with E-state index in [-0.39, 0.29) is 0 Å². The Kier molecular flexibility index (Phi) is 7.12. The molecule has 1 aliphatic heterocycles. The minimum absolute atomic E-state index is 0.409. The lowest BCUT2D eigenvalue weighted by molar-refractivity contribution is 0.402. The van der Waals surface area contributed by atoms with E-state index in [9.17, 15) is 0 Å². The van der Waals surface area contributed by atoms with Gasteiger partial charge in [0.25, 0.3) is 0 Å². The summed E-state index contributed by atoms with van der Waals surface area (Å²) in [6.45, 7) is 0. The Hall–Kier alpha value is -4.82. The molecule has 5 aromatic rings. The molecule has 5 aromatic carbocycles. The molecule has 1 heterocycles.